The molecule has 0 amide bonds. The lowest BCUT2D eigenvalue weighted by Crippen LogP contribution is -2.37. The van der Waals surface area contributed by atoms with Gasteiger partial charge in [0, 0.05) is 32.3 Å². The summed E-state index contributed by atoms with van der Waals surface area (Å²) in [6.07, 6.45) is 6.16. The first-order valence-corrected chi connectivity index (χ1v) is 6.21. The molecule has 17 heavy (non-hydrogen) atoms. The Hall–Kier alpha value is -1.36. The van der Waals surface area contributed by atoms with Gasteiger partial charge in [-0.05, 0) is 25.7 Å². The van der Waals surface area contributed by atoms with Crippen LogP contribution in [0.1, 0.15) is 25.7 Å². The highest BCUT2D eigenvalue weighted by Gasteiger charge is 2.23. The molecule has 1 aliphatic carbocycles. The molecule has 1 fully saturated rings. The molecule has 5 nitrogen and oxygen atoms in total. The normalized spacial score (nSPS) is 15.4. The second-order valence-electron chi connectivity index (χ2n) is 4.46. The quantitative estimate of drug-likeness (QED) is 0.728. The van der Waals surface area contributed by atoms with E-state index < -0.39 is 0 Å². The third-order valence-electron chi connectivity index (χ3n) is 3.28. The molecule has 0 aliphatic heterocycles. The van der Waals surface area contributed by atoms with E-state index in [-0.39, 0.29) is 6.61 Å². The maximum atomic E-state index is 8.72. The van der Waals surface area contributed by atoms with Gasteiger partial charge in [0.1, 0.15) is 18.0 Å². The smallest absolute Gasteiger partial charge is 0.134 e. The fourth-order valence-corrected chi connectivity index (χ4v) is 1.89. The Labute approximate surface area is 102 Å². The number of nitrogens with zero attached hydrogens (tertiary/aromatic N) is 3. The van der Waals surface area contributed by atoms with Crippen LogP contribution in [0, 0.1) is 0 Å². The molecule has 1 aromatic rings. The molecular formula is C12H20N4O. The predicted octanol–water partition coefficient (Wildman–Crippen LogP) is 1.26. The first kappa shape index (κ1) is 12.1. The summed E-state index contributed by atoms with van der Waals surface area (Å²) in [6, 6.07) is 2.60. The number of nitrogens with one attached hydrogen (secondary N) is 1. The predicted molar refractivity (Wildman–Crippen MR) is 68.3 cm³/mol. The van der Waals surface area contributed by atoms with E-state index in [4.69, 9.17) is 5.11 Å². The molecule has 0 aromatic carbocycles. The Kier molecular flexibility index (Phi) is 4.14. The Morgan fingerprint density at radius 1 is 1.47 bits per heavy atom. The highest BCUT2D eigenvalue weighted by atomic mass is 16.3. The van der Waals surface area contributed by atoms with Crippen molar-refractivity contribution in [1.82, 2.24) is 9.97 Å². The molecule has 0 radical (unpaired) electrons. The van der Waals surface area contributed by atoms with Gasteiger partial charge in [-0.15, -0.1) is 0 Å². The highest BCUT2D eigenvalue weighted by Crippen LogP contribution is 2.27. The topological polar surface area (TPSA) is 61.3 Å². The van der Waals surface area contributed by atoms with Crippen LogP contribution in [0.3, 0.4) is 0 Å². The van der Waals surface area contributed by atoms with Gasteiger partial charge in [0.05, 0.1) is 0 Å². The van der Waals surface area contributed by atoms with Gasteiger partial charge in [0.2, 0.25) is 0 Å². The van der Waals surface area contributed by atoms with Crippen molar-refractivity contribution in [2.75, 3.05) is 30.4 Å². The molecule has 94 valence electrons. The summed E-state index contributed by atoms with van der Waals surface area (Å²) in [5, 5.41) is 11.9. The van der Waals surface area contributed by atoms with Crippen molar-refractivity contribution in [3.63, 3.8) is 0 Å². The zero-order valence-electron chi connectivity index (χ0n) is 10.3. The number of hydrogen-bond acceptors (Lipinski definition) is 5. The van der Waals surface area contributed by atoms with Crippen LogP contribution in [0.4, 0.5) is 11.6 Å². The molecule has 5 heteroatoms. The molecule has 0 saturated heterocycles. The molecule has 0 spiro atoms. The van der Waals surface area contributed by atoms with Crippen molar-refractivity contribution in [1.29, 1.82) is 0 Å². The lowest BCUT2D eigenvalue weighted by atomic mass is 9.92. The zero-order valence-corrected chi connectivity index (χ0v) is 10.3. The minimum absolute atomic E-state index is 0.201. The maximum absolute atomic E-state index is 8.72. The molecule has 0 atom stereocenters. The third kappa shape index (κ3) is 3.06. The summed E-state index contributed by atoms with van der Waals surface area (Å²) >= 11 is 0. The number of aromatic nitrogens is 2. The van der Waals surface area contributed by atoms with E-state index in [1.807, 2.05) is 6.07 Å². The van der Waals surface area contributed by atoms with Crippen LogP contribution < -0.4 is 10.2 Å². The van der Waals surface area contributed by atoms with Crippen molar-refractivity contribution in [2.24, 2.45) is 0 Å². The van der Waals surface area contributed by atoms with Crippen LogP contribution in [0.5, 0.6) is 0 Å². The number of anilines is 2. The van der Waals surface area contributed by atoms with Crippen LogP contribution in [-0.2, 0) is 0 Å². The molecule has 1 aliphatic rings. The molecule has 0 bridgehead atoms. The van der Waals surface area contributed by atoms with E-state index in [0.717, 1.165) is 24.6 Å². The number of aliphatic hydroxyl groups excluding tert-OH is 1. The van der Waals surface area contributed by atoms with Crippen LogP contribution >= 0.6 is 0 Å². The van der Waals surface area contributed by atoms with Crippen molar-refractivity contribution in [3.05, 3.63) is 12.4 Å². The van der Waals surface area contributed by atoms with Crippen LogP contribution in [0.15, 0.2) is 12.4 Å². The Morgan fingerprint density at radius 2 is 2.29 bits per heavy atom. The molecule has 1 aromatic heterocycles. The fraction of sp³-hybridized carbons (Fsp3) is 0.667. The van der Waals surface area contributed by atoms with Crippen LogP contribution in [0.2, 0.25) is 0 Å². The van der Waals surface area contributed by atoms with Crippen LogP contribution in [-0.4, -0.2) is 41.3 Å². The Morgan fingerprint density at radius 3 is 2.94 bits per heavy atom. The summed E-state index contributed by atoms with van der Waals surface area (Å²) in [7, 11) is 2.09. The average Bonchev–Trinajstić information content (AvgIpc) is 2.27. The second kappa shape index (κ2) is 5.82. The minimum Gasteiger partial charge on any atom is -0.396 e. The van der Waals surface area contributed by atoms with Gasteiger partial charge in [-0.25, -0.2) is 9.97 Å². The van der Waals surface area contributed by atoms with Gasteiger partial charge in [-0.1, -0.05) is 0 Å². The number of hydrogen-bond donors (Lipinski definition) is 2. The summed E-state index contributed by atoms with van der Waals surface area (Å²) in [5.41, 5.74) is 0. The van der Waals surface area contributed by atoms with Crippen molar-refractivity contribution in [2.45, 2.75) is 31.7 Å². The third-order valence-corrected chi connectivity index (χ3v) is 3.28. The fourth-order valence-electron chi connectivity index (χ4n) is 1.89. The monoisotopic (exact) mass is 236 g/mol. The highest BCUT2D eigenvalue weighted by molar-refractivity contribution is 5.48. The molecule has 2 rings (SSSR count). The summed E-state index contributed by atoms with van der Waals surface area (Å²) in [5.74, 6) is 1.80. The van der Waals surface area contributed by atoms with Crippen LogP contribution in [0.25, 0.3) is 0 Å². The summed E-state index contributed by atoms with van der Waals surface area (Å²) in [4.78, 5) is 10.7. The van der Waals surface area contributed by atoms with Crippen molar-refractivity contribution in [3.8, 4) is 0 Å². The van der Waals surface area contributed by atoms with Gasteiger partial charge < -0.3 is 15.3 Å². The van der Waals surface area contributed by atoms with Crippen molar-refractivity contribution >= 4 is 11.6 Å². The minimum atomic E-state index is 0.201. The Bertz CT molecular complexity index is 354. The molecular weight excluding hydrogens is 216 g/mol. The van der Waals surface area contributed by atoms with E-state index in [0.29, 0.717) is 6.04 Å². The number of rotatable bonds is 6. The van der Waals surface area contributed by atoms with Gasteiger partial charge >= 0.3 is 0 Å². The molecule has 2 N–H and O–H groups in total. The molecule has 1 saturated carbocycles. The lowest BCUT2D eigenvalue weighted by Gasteiger charge is -2.35. The maximum Gasteiger partial charge on any atom is 0.134 e. The standard InChI is InChI=1S/C12H20N4O/c1-16(10-4-2-5-10)12-8-11(14-9-15-12)13-6-3-7-17/h8-10,17H,2-7H2,1H3,(H,13,14,15). The average molecular weight is 236 g/mol. The first-order chi connectivity index (χ1) is 8.31. The molecule has 1 heterocycles. The van der Waals surface area contributed by atoms with E-state index in [9.17, 15) is 0 Å². The van der Waals surface area contributed by atoms with Gasteiger partial charge in [0.25, 0.3) is 0 Å². The largest absolute Gasteiger partial charge is 0.396 e. The first-order valence-electron chi connectivity index (χ1n) is 6.21. The van der Waals surface area contributed by atoms with E-state index in [1.165, 1.54) is 19.3 Å². The van der Waals surface area contributed by atoms with E-state index in [2.05, 4.69) is 27.2 Å². The second-order valence-corrected chi connectivity index (χ2v) is 4.46. The Balaban J connectivity index is 1.95. The summed E-state index contributed by atoms with van der Waals surface area (Å²) < 4.78 is 0. The lowest BCUT2D eigenvalue weighted by molar-refractivity contribution is 0.292. The number of aliphatic hydroxyl groups is 1. The molecule has 0 unspecified atom stereocenters. The SMILES string of the molecule is CN(c1cc(NCCCO)ncn1)C1CCC1. The summed E-state index contributed by atoms with van der Waals surface area (Å²) in [6.45, 7) is 0.938. The van der Waals surface area contributed by atoms with Gasteiger partial charge in [-0.2, -0.15) is 0 Å². The van der Waals surface area contributed by atoms with Gasteiger partial charge in [0.15, 0.2) is 0 Å². The van der Waals surface area contributed by atoms with E-state index in [1.54, 1.807) is 6.33 Å². The zero-order chi connectivity index (χ0) is 12.1. The van der Waals surface area contributed by atoms with Gasteiger partial charge in [-0.3, -0.25) is 0 Å². The van der Waals surface area contributed by atoms with Crippen molar-refractivity contribution < 1.29 is 5.11 Å². The van der Waals surface area contributed by atoms with E-state index >= 15 is 0 Å².